The monoisotopic (exact) mass is 369 g/mol. The number of fused-ring (bicyclic) bond motifs is 1. The topological polar surface area (TPSA) is 68.4 Å². The van der Waals surface area contributed by atoms with E-state index in [9.17, 15) is 9.90 Å². The van der Waals surface area contributed by atoms with E-state index in [4.69, 9.17) is 0 Å². The van der Waals surface area contributed by atoms with Gasteiger partial charge in [0.1, 0.15) is 0 Å². The van der Waals surface area contributed by atoms with E-state index in [1.807, 2.05) is 17.2 Å². The Labute approximate surface area is 161 Å². The average Bonchev–Trinajstić information content (AvgIpc) is 3.16. The Kier molecular flexibility index (Phi) is 5.50. The second-order valence-corrected chi connectivity index (χ2v) is 8.35. The van der Waals surface area contributed by atoms with Gasteiger partial charge in [-0.25, -0.2) is 0 Å². The molecule has 5 heteroatoms. The molecule has 3 N–H and O–H groups in total. The van der Waals surface area contributed by atoms with Crippen molar-refractivity contribution < 1.29 is 9.90 Å². The second kappa shape index (κ2) is 8.03. The van der Waals surface area contributed by atoms with E-state index in [-0.39, 0.29) is 5.91 Å². The van der Waals surface area contributed by atoms with E-state index in [0.29, 0.717) is 25.4 Å². The summed E-state index contributed by atoms with van der Waals surface area (Å²) in [6, 6.07) is 8.24. The Morgan fingerprint density at radius 1 is 1.19 bits per heavy atom. The first-order valence-electron chi connectivity index (χ1n) is 10.4. The standard InChI is InChI=1S/C22H31N3O2/c26-21-22(27,11-5-13-25(21)15-17-6-2-1-3-7-17)16-23-14-18-8-4-9-20-19(18)10-12-24-20/h4,8-10,12,17,23-24,27H,1-3,5-7,11,13-16H2/t22-/m0/s1. The van der Waals surface area contributed by atoms with Gasteiger partial charge in [-0.15, -0.1) is 0 Å². The van der Waals surface area contributed by atoms with E-state index in [0.717, 1.165) is 25.0 Å². The first-order chi connectivity index (χ1) is 13.2. The van der Waals surface area contributed by atoms with Crippen LogP contribution < -0.4 is 5.32 Å². The molecule has 4 rings (SSSR count). The van der Waals surface area contributed by atoms with Crippen LogP contribution in [-0.4, -0.2) is 46.1 Å². The summed E-state index contributed by atoms with van der Waals surface area (Å²) < 4.78 is 0. The lowest BCUT2D eigenvalue weighted by Gasteiger charge is -2.40. The number of nitrogens with zero attached hydrogens (tertiary/aromatic N) is 1. The number of likely N-dealkylation sites (tertiary alicyclic amines) is 1. The third kappa shape index (κ3) is 4.04. The summed E-state index contributed by atoms with van der Waals surface area (Å²) in [6.45, 7) is 2.57. The van der Waals surface area contributed by atoms with Crippen LogP contribution in [0.2, 0.25) is 0 Å². The largest absolute Gasteiger partial charge is 0.379 e. The molecule has 146 valence electrons. The van der Waals surface area contributed by atoms with Crippen molar-refractivity contribution in [2.24, 2.45) is 5.92 Å². The summed E-state index contributed by atoms with van der Waals surface area (Å²) in [5.74, 6) is 0.538. The Hall–Kier alpha value is -1.85. The van der Waals surface area contributed by atoms with Crippen molar-refractivity contribution in [1.82, 2.24) is 15.2 Å². The van der Waals surface area contributed by atoms with E-state index in [2.05, 4.69) is 28.5 Å². The highest BCUT2D eigenvalue weighted by molar-refractivity contribution is 5.86. The minimum Gasteiger partial charge on any atom is -0.379 e. The van der Waals surface area contributed by atoms with Gasteiger partial charge in [0.15, 0.2) is 5.60 Å². The molecule has 1 aromatic heterocycles. The Balaban J connectivity index is 1.35. The molecule has 5 nitrogen and oxygen atoms in total. The highest BCUT2D eigenvalue weighted by Crippen LogP contribution is 2.28. The Morgan fingerprint density at radius 3 is 2.89 bits per heavy atom. The molecule has 1 saturated heterocycles. The van der Waals surface area contributed by atoms with Crippen LogP contribution in [0.25, 0.3) is 10.9 Å². The van der Waals surface area contributed by atoms with Crippen molar-refractivity contribution in [3.63, 3.8) is 0 Å². The molecular weight excluding hydrogens is 338 g/mol. The molecule has 2 heterocycles. The summed E-state index contributed by atoms with van der Waals surface area (Å²) in [7, 11) is 0. The van der Waals surface area contributed by atoms with Gasteiger partial charge < -0.3 is 20.3 Å². The summed E-state index contributed by atoms with van der Waals surface area (Å²) in [5, 5.41) is 15.6. The number of piperidine rings is 1. The molecule has 1 atom stereocenters. The molecule has 2 aliphatic rings. The van der Waals surface area contributed by atoms with Gasteiger partial charge in [-0.05, 0) is 49.3 Å². The van der Waals surface area contributed by atoms with Gasteiger partial charge in [0, 0.05) is 43.3 Å². The molecule has 2 fully saturated rings. The number of H-pyrrole nitrogens is 1. The van der Waals surface area contributed by atoms with Crippen molar-refractivity contribution in [2.45, 2.75) is 57.1 Å². The van der Waals surface area contributed by atoms with Crippen LogP contribution in [-0.2, 0) is 11.3 Å². The summed E-state index contributed by atoms with van der Waals surface area (Å²) >= 11 is 0. The van der Waals surface area contributed by atoms with Gasteiger partial charge in [0.25, 0.3) is 5.91 Å². The van der Waals surface area contributed by atoms with Crippen LogP contribution in [0.3, 0.4) is 0 Å². The molecule has 0 bridgehead atoms. The van der Waals surface area contributed by atoms with E-state index in [1.165, 1.54) is 43.1 Å². The van der Waals surface area contributed by atoms with E-state index >= 15 is 0 Å². The zero-order valence-electron chi connectivity index (χ0n) is 16.0. The lowest BCUT2D eigenvalue weighted by molar-refractivity contribution is -0.157. The van der Waals surface area contributed by atoms with Crippen LogP contribution >= 0.6 is 0 Å². The number of nitrogens with one attached hydrogen (secondary N) is 2. The zero-order chi connectivity index (χ0) is 18.7. The maximum absolute atomic E-state index is 13.0. The van der Waals surface area contributed by atoms with Crippen molar-refractivity contribution in [3.05, 3.63) is 36.0 Å². The highest BCUT2D eigenvalue weighted by atomic mass is 16.3. The number of amides is 1. The minimum atomic E-state index is -1.26. The number of aromatic nitrogens is 1. The average molecular weight is 370 g/mol. The van der Waals surface area contributed by atoms with Crippen LogP contribution in [0.4, 0.5) is 0 Å². The minimum absolute atomic E-state index is 0.0772. The van der Waals surface area contributed by atoms with Gasteiger partial charge in [-0.1, -0.05) is 31.4 Å². The highest BCUT2D eigenvalue weighted by Gasteiger charge is 2.42. The van der Waals surface area contributed by atoms with Crippen LogP contribution in [0.5, 0.6) is 0 Å². The number of carbonyl (C=O) groups is 1. The van der Waals surface area contributed by atoms with Crippen molar-refractivity contribution in [3.8, 4) is 0 Å². The van der Waals surface area contributed by atoms with E-state index < -0.39 is 5.60 Å². The molecule has 27 heavy (non-hydrogen) atoms. The number of benzene rings is 1. The van der Waals surface area contributed by atoms with Crippen LogP contribution in [0.1, 0.15) is 50.5 Å². The quantitative estimate of drug-likeness (QED) is 0.732. The van der Waals surface area contributed by atoms with Crippen LogP contribution in [0.15, 0.2) is 30.5 Å². The van der Waals surface area contributed by atoms with Gasteiger partial charge in [0.2, 0.25) is 0 Å². The molecule has 1 amide bonds. The van der Waals surface area contributed by atoms with Gasteiger partial charge in [0.05, 0.1) is 0 Å². The van der Waals surface area contributed by atoms with Gasteiger partial charge >= 0.3 is 0 Å². The molecule has 0 spiro atoms. The Morgan fingerprint density at radius 2 is 2.04 bits per heavy atom. The number of carbonyl (C=O) groups excluding carboxylic acids is 1. The first-order valence-corrected chi connectivity index (χ1v) is 10.4. The van der Waals surface area contributed by atoms with Crippen molar-refractivity contribution in [2.75, 3.05) is 19.6 Å². The lowest BCUT2D eigenvalue weighted by atomic mass is 9.86. The number of aromatic amines is 1. The molecule has 2 aromatic rings. The van der Waals surface area contributed by atoms with Crippen molar-refractivity contribution in [1.29, 1.82) is 0 Å². The zero-order valence-corrected chi connectivity index (χ0v) is 16.0. The first kappa shape index (κ1) is 18.5. The maximum Gasteiger partial charge on any atom is 0.255 e. The van der Waals surface area contributed by atoms with Crippen LogP contribution in [0, 0.1) is 5.92 Å². The van der Waals surface area contributed by atoms with E-state index in [1.54, 1.807) is 0 Å². The molecule has 1 aliphatic heterocycles. The van der Waals surface area contributed by atoms with Crippen molar-refractivity contribution >= 4 is 16.8 Å². The number of rotatable bonds is 6. The predicted molar refractivity (Wildman–Crippen MR) is 107 cm³/mol. The number of aliphatic hydroxyl groups is 1. The normalized spacial score (nSPS) is 24.6. The van der Waals surface area contributed by atoms with Gasteiger partial charge in [-0.3, -0.25) is 4.79 Å². The third-order valence-electron chi connectivity index (χ3n) is 6.33. The fourth-order valence-electron chi connectivity index (χ4n) is 4.79. The maximum atomic E-state index is 13.0. The molecule has 1 saturated carbocycles. The summed E-state index contributed by atoms with van der Waals surface area (Å²) in [6.07, 6.45) is 9.70. The predicted octanol–water partition coefficient (Wildman–Crippen LogP) is 3.19. The third-order valence-corrected chi connectivity index (χ3v) is 6.33. The smallest absolute Gasteiger partial charge is 0.255 e. The second-order valence-electron chi connectivity index (χ2n) is 8.35. The fraction of sp³-hybridized carbons (Fsp3) is 0.591. The molecule has 0 radical (unpaired) electrons. The SMILES string of the molecule is O=C1N(CC2CCCCC2)CCC[C@]1(O)CNCc1cccc2[nH]ccc12. The summed E-state index contributed by atoms with van der Waals surface area (Å²) in [5.41, 5.74) is 1.03. The molecule has 0 unspecified atom stereocenters. The molecule has 1 aliphatic carbocycles. The molecule has 1 aromatic carbocycles. The number of hydrogen-bond donors (Lipinski definition) is 3. The summed E-state index contributed by atoms with van der Waals surface area (Å²) in [4.78, 5) is 18.1. The van der Waals surface area contributed by atoms with Gasteiger partial charge in [-0.2, -0.15) is 0 Å². The lowest BCUT2D eigenvalue weighted by Crippen LogP contribution is -2.58. The fourth-order valence-corrected chi connectivity index (χ4v) is 4.79. The molecular formula is C22H31N3O2. The number of hydrogen-bond acceptors (Lipinski definition) is 3. The Bertz CT molecular complexity index is 781.